The minimum atomic E-state index is -4.69. The van der Waals surface area contributed by atoms with Crippen molar-refractivity contribution < 1.29 is 37.7 Å². The van der Waals surface area contributed by atoms with E-state index in [9.17, 15) is 27.9 Å². The molecule has 29 heavy (non-hydrogen) atoms. The molecule has 1 aliphatic rings. The molecule has 2 atom stereocenters. The SMILES string of the molecule is CC1(C)CN(c2ccn(-c3cnnc(C(F)(F)F)c3)n2)C(=O)[C@@H]([C@@H](O)C(=O)O)O1. The van der Waals surface area contributed by atoms with Crippen LogP contribution in [-0.4, -0.2) is 66.4 Å². The van der Waals surface area contributed by atoms with Crippen LogP contribution < -0.4 is 4.90 Å². The van der Waals surface area contributed by atoms with E-state index in [4.69, 9.17) is 9.84 Å². The first kappa shape index (κ1) is 20.7. The molecule has 0 bridgehead atoms. The molecule has 3 rings (SSSR count). The number of carbonyl (C=O) groups is 2. The lowest BCUT2D eigenvalue weighted by atomic mass is 10.0. The predicted molar refractivity (Wildman–Crippen MR) is 89.1 cm³/mol. The predicted octanol–water partition coefficient (Wildman–Crippen LogP) is 0.637. The van der Waals surface area contributed by atoms with Crippen molar-refractivity contribution in [3.63, 3.8) is 0 Å². The Balaban J connectivity index is 1.93. The van der Waals surface area contributed by atoms with E-state index in [2.05, 4.69) is 15.3 Å². The Kier molecular flexibility index (Phi) is 5.04. The first-order chi connectivity index (χ1) is 13.4. The molecule has 1 aliphatic heterocycles. The zero-order valence-electron chi connectivity index (χ0n) is 15.2. The maximum Gasteiger partial charge on any atom is 0.435 e. The summed E-state index contributed by atoms with van der Waals surface area (Å²) in [5.41, 5.74) is -2.26. The summed E-state index contributed by atoms with van der Waals surface area (Å²) in [5, 5.41) is 29.2. The summed E-state index contributed by atoms with van der Waals surface area (Å²) in [6, 6.07) is 2.10. The third-order valence-corrected chi connectivity index (χ3v) is 4.08. The summed E-state index contributed by atoms with van der Waals surface area (Å²) >= 11 is 0. The van der Waals surface area contributed by atoms with Crippen LogP contribution in [0.15, 0.2) is 24.5 Å². The fourth-order valence-corrected chi connectivity index (χ4v) is 2.79. The average Bonchev–Trinajstić information content (AvgIpc) is 3.12. The number of hydrogen-bond donors (Lipinski definition) is 2. The first-order valence-electron chi connectivity index (χ1n) is 8.25. The van der Waals surface area contributed by atoms with Gasteiger partial charge in [0.15, 0.2) is 23.7 Å². The molecule has 2 aromatic heterocycles. The smallest absolute Gasteiger partial charge is 0.435 e. The fraction of sp³-hybridized carbons (Fsp3) is 0.438. The van der Waals surface area contributed by atoms with Gasteiger partial charge in [-0.05, 0) is 19.9 Å². The van der Waals surface area contributed by atoms with E-state index in [1.54, 1.807) is 13.8 Å². The van der Waals surface area contributed by atoms with Crippen LogP contribution in [0.1, 0.15) is 19.5 Å². The van der Waals surface area contributed by atoms with Crippen LogP contribution in [0.5, 0.6) is 0 Å². The van der Waals surface area contributed by atoms with Crippen LogP contribution in [0.25, 0.3) is 5.69 Å². The highest BCUT2D eigenvalue weighted by atomic mass is 19.4. The van der Waals surface area contributed by atoms with Crippen molar-refractivity contribution in [1.29, 1.82) is 0 Å². The number of aliphatic carboxylic acids is 1. The number of aromatic nitrogens is 4. The van der Waals surface area contributed by atoms with Gasteiger partial charge in [-0.25, -0.2) is 9.48 Å². The number of hydrogen-bond acceptors (Lipinski definition) is 7. The third kappa shape index (κ3) is 4.19. The quantitative estimate of drug-likeness (QED) is 0.744. The fourth-order valence-electron chi connectivity index (χ4n) is 2.79. The largest absolute Gasteiger partial charge is 0.479 e. The van der Waals surface area contributed by atoms with Crippen LogP contribution in [-0.2, 0) is 20.5 Å². The molecule has 0 aliphatic carbocycles. The van der Waals surface area contributed by atoms with Crippen molar-refractivity contribution in [2.45, 2.75) is 37.8 Å². The van der Waals surface area contributed by atoms with Gasteiger partial charge in [-0.3, -0.25) is 9.69 Å². The van der Waals surface area contributed by atoms with E-state index >= 15 is 0 Å². The van der Waals surface area contributed by atoms with Gasteiger partial charge < -0.3 is 14.9 Å². The number of carboxylic acids is 1. The van der Waals surface area contributed by atoms with E-state index in [0.717, 1.165) is 21.8 Å². The van der Waals surface area contributed by atoms with Gasteiger partial charge in [-0.2, -0.15) is 18.3 Å². The number of aliphatic hydroxyl groups excluding tert-OH is 1. The molecule has 2 N–H and O–H groups in total. The number of anilines is 1. The van der Waals surface area contributed by atoms with Crippen LogP contribution in [0.2, 0.25) is 0 Å². The molecule has 1 fully saturated rings. The lowest BCUT2D eigenvalue weighted by Crippen LogP contribution is -2.61. The Morgan fingerprint density at radius 2 is 2.10 bits per heavy atom. The van der Waals surface area contributed by atoms with Crippen molar-refractivity contribution in [1.82, 2.24) is 20.0 Å². The summed E-state index contributed by atoms with van der Waals surface area (Å²) in [7, 11) is 0. The molecule has 0 radical (unpaired) electrons. The Labute approximate surface area is 161 Å². The maximum atomic E-state index is 12.8. The number of halogens is 3. The van der Waals surface area contributed by atoms with Gasteiger partial charge in [0.05, 0.1) is 24.0 Å². The molecule has 0 unspecified atom stereocenters. The Bertz CT molecular complexity index is 945. The Morgan fingerprint density at radius 1 is 1.41 bits per heavy atom. The second-order valence-corrected chi connectivity index (χ2v) is 6.92. The number of amides is 1. The molecule has 13 heteroatoms. The summed E-state index contributed by atoms with van der Waals surface area (Å²) in [6.45, 7) is 3.16. The number of ether oxygens (including phenoxy) is 1. The van der Waals surface area contributed by atoms with Crippen molar-refractivity contribution in [2.24, 2.45) is 0 Å². The van der Waals surface area contributed by atoms with Crippen molar-refractivity contribution >= 4 is 17.7 Å². The molecule has 10 nitrogen and oxygen atoms in total. The molecule has 1 amide bonds. The number of aliphatic hydroxyl groups is 1. The third-order valence-electron chi connectivity index (χ3n) is 4.08. The molecule has 3 heterocycles. The molecule has 0 saturated carbocycles. The monoisotopic (exact) mass is 415 g/mol. The van der Waals surface area contributed by atoms with E-state index in [1.165, 1.54) is 12.3 Å². The number of nitrogens with zero attached hydrogens (tertiary/aromatic N) is 5. The van der Waals surface area contributed by atoms with Crippen LogP contribution in [0, 0.1) is 0 Å². The van der Waals surface area contributed by atoms with Crippen molar-refractivity contribution in [3.05, 3.63) is 30.2 Å². The standard InChI is InChI=1S/C16H16F3N5O5/c1-15(2)7-23(13(26)12(29-15)11(25)14(27)28)10-3-4-24(22-10)8-5-9(16(17,18)19)21-20-6-8/h3-6,11-12,25H,7H2,1-2H3,(H,27,28)/t11-,12-/m1/s1. The minimum absolute atomic E-state index is 0.0198. The molecule has 0 spiro atoms. The second-order valence-electron chi connectivity index (χ2n) is 6.92. The summed E-state index contributed by atoms with van der Waals surface area (Å²) < 4.78 is 45.0. The minimum Gasteiger partial charge on any atom is -0.479 e. The summed E-state index contributed by atoms with van der Waals surface area (Å²) in [6.07, 6.45) is -6.08. The second kappa shape index (κ2) is 7.08. The number of alkyl halides is 3. The van der Waals surface area contributed by atoms with Crippen LogP contribution in [0.3, 0.4) is 0 Å². The number of carbonyl (C=O) groups excluding carboxylic acids is 1. The first-order valence-corrected chi connectivity index (χ1v) is 8.25. The van der Waals surface area contributed by atoms with Gasteiger partial charge in [0.25, 0.3) is 5.91 Å². The van der Waals surface area contributed by atoms with Gasteiger partial charge in [0, 0.05) is 12.3 Å². The molecule has 156 valence electrons. The van der Waals surface area contributed by atoms with Crippen LogP contribution in [0.4, 0.5) is 19.0 Å². The molecular weight excluding hydrogens is 399 g/mol. The van der Waals surface area contributed by atoms with Crippen molar-refractivity contribution in [3.8, 4) is 5.69 Å². The molecule has 0 aromatic carbocycles. The molecule has 1 saturated heterocycles. The van der Waals surface area contributed by atoms with E-state index in [-0.39, 0.29) is 18.1 Å². The zero-order valence-corrected chi connectivity index (χ0v) is 15.2. The van der Waals surface area contributed by atoms with E-state index in [1.807, 2.05) is 0 Å². The zero-order chi connectivity index (χ0) is 21.6. The molecular formula is C16H16F3N5O5. The highest BCUT2D eigenvalue weighted by Gasteiger charge is 2.46. The van der Waals surface area contributed by atoms with E-state index < -0.39 is 41.6 Å². The van der Waals surface area contributed by atoms with Crippen LogP contribution >= 0.6 is 0 Å². The van der Waals surface area contributed by atoms with Gasteiger partial charge in [0.2, 0.25) is 0 Å². The number of rotatable bonds is 4. The van der Waals surface area contributed by atoms with Gasteiger partial charge in [-0.15, -0.1) is 10.2 Å². The Hall–Kier alpha value is -3.06. The number of carboxylic acid groups (broad SMARTS) is 1. The molecule has 2 aromatic rings. The highest BCUT2D eigenvalue weighted by molar-refractivity contribution is 5.99. The normalized spacial score (nSPS) is 20.6. The lowest BCUT2D eigenvalue weighted by Gasteiger charge is -2.41. The van der Waals surface area contributed by atoms with Crippen molar-refractivity contribution in [2.75, 3.05) is 11.4 Å². The van der Waals surface area contributed by atoms with Gasteiger partial charge >= 0.3 is 12.1 Å². The van der Waals surface area contributed by atoms with Gasteiger partial charge in [-0.1, -0.05) is 0 Å². The summed E-state index contributed by atoms with van der Waals surface area (Å²) in [5.74, 6) is -2.43. The van der Waals surface area contributed by atoms with Gasteiger partial charge in [0.1, 0.15) is 0 Å². The topological polar surface area (TPSA) is 131 Å². The lowest BCUT2D eigenvalue weighted by molar-refractivity contribution is -0.178. The maximum absolute atomic E-state index is 12.8. The van der Waals surface area contributed by atoms with E-state index in [0.29, 0.717) is 0 Å². The Morgan fingerprint density at radius 3 is 2.72 bits per heavy atom. The average molecular weight is 415 g/mol. The highest BCUT2D eigenvalue weighted by Crippen LogP contribution is 2.30. The summed E-state index contributed by atoms with van der Waals surface area (Å²) in [4.78, 5) is 24.8. The number of morpholine rings is 1.